The van der Waals surface area contributed by atoms with Crippen LogP contribution in [0.1, 0.15) is 24.3 Å². The molecule has 6 nitrogen and oxygen atoms in total. The highest BCUT2D eigenvalue weighted by molar-refractivity contribution is 5.93. The van der Waals surface area contributed by atoms with Gasteiger partial charge in [-0.15, -0.1) is 0 Å². The molecule has 4 rings (SSSR count). The molecule has 162 valence electrons. The molecule has 0 unspecified atom stereocenters. The van der Waals surface area contributed by atoms with Crippen LogP contribution in [0.2, 0.25) is 0 Å². The number of amides is 2. The van der Waals surface area contributed by atoms with Crippen LogP contribution >= 0.6 is 0 Å². The third-order valence-electron chi connectivity index (χ3n) is 5.76. The van der Waals surface area contributed by atoms with E-state index in [1.165, 1.54) is 18.2 Å². The number of aromatic amines is 1. The molecule has 0 radical (unpaired) electrons. The number of carbonyl (C=O) groups excluding carboxylic acids is 2. The number of carbonyl (C=O) groups is 2. The summed E-state index contributed by atoms with van der Waals surface area (Å²) >= 11 is 0. The van der Waals surface area contributed by atoms with E-state index in [9.17, 15) is 22.8 Å². The van der Waals surface area contributed by atoms with E-state index in [-0.39, 0.29) is 11.4 Å². The lowest BCUT2D eigenvalue weighted by molar-refractivity contribution is -0.132. The summed E-state index contributed by atoms with van der Waals surface area (Å²) in [6.07, 6.45) is 0.754. The predicted molar refractivity (Wildman–Crippen MR) is 107 cm³/mol. The van der Waals surface area contributed by atoms with Gasteiger partial charge < -0.3 is 21.1 Å². The Balaban J connectivity index is 1.66. The molecule has 1 aromatic heterocycles. The topological polar surface area (TPSA) is 108 Å². The van der Waals surface area contributed by atoms with E-state index in [4.69, 9.17) is 10.8 Å². The lowest BCUT2D eigenvalue weighted by Gasteiger charge is -2.35. The van der Waals surface area contributed by atoms with Gasteiger partial charge >= 0.3 is 0 Å². The van der Waals surface area contributed by atoms with Crippen molar-refractivity contribution >= 4 is 22.7 Å². The van der Waals surface area contributed by atoms with E-state index in [2.05, 4.69) is 10.3 Å². The third-order valence-corrected chi connectivity index (χ3v) is 5.76. The number of halogens is 3. The summed E-state index contributed by atoms with van der Waals surface area (Å²) in [7, 11) is 0. The number of aliphatic hydroxyl groups is 1. The molecule has 0 aliphatic heterocycles. The van der Waals surface area contributed by atoms with Crippen LogP contribution in [0, 0.1) is 23.4 Å². The smallest absolute Gasteiger partial charge is 0.242 e. The number of rotatable bonds is 6. The third kappa shape index (κ3) is 3.88. The molecule has 1 saturated carbocycles. The molecule has 31 heavy (non-hydrogen) atoms. The van der Waals surface area contributed by atoms with Gasteiger partial charge in [0.2, 0.25) is 11.8 Å². The fourth-order valence-electron chi connectivity index (χ4n) is 4.07. The van der Waals surface area contributed by atoms with Crippen molar-refractivity contribution in [2.75, 3.05) is 6.61 Å². The maximum absolute atomic E-state index is 14.4. The molecular weight excluding hydrogens is 411 g/mol. The normalized spacial score (nSPS) is 19.1. The van der Waals surface area contributed by atoms with Crippen molar-refractivity contribution in [3.05, 3.63) is 59.4 Å². The molecule has 1 aliphatic rings. The van der Waals surface area contributed by atoms with Gasteiger partial charge in [-0.1, -0.05) is 0 Å². The number of nitrogens with one attached hydrogen (secondary N) is 2. The second kappa shape index (κ2) is 8.07. The quantitative estimate of drug-likeness (QED) is 0.482. The van der Waals surface area contributed by atoms with E-state index < -0.39 is 47.8 Å². The summed E-state index contributed by atoms with van der Waals surface area (Å²) in [6, 6.07) is 6.48. The van der Waals surface area contributed by atoms with Gasteiger partial charge in [-0.2, -0.15) is 0 Å². The number of nitrogens with two attached hydrogens (primary N) is 1. The van der Waals surface area contributed by atoms with E-state index in [1.54, 1.807) is 12.1 Å². The summed E-state index contributed by atoms with van der Waals surface area (Å²) in [5.41, 5.74) is 7.06. The molecule has 1 atom stereocenters. The van der Waals surface area contributed by atoms with Gasteiger partial charge in [0.15, 0.2) is 0 Å². The maximum Gasteiger partial charge on any atom is 0.242 e. The number of fused-ring (bicyclic) bond motifs is 1. The molecule has 0 saturated heterocycles. The number of benzene rings is 2. The van der Waals surface area contributed by atoms with Crippen molar-refractivity contribution in [1.29, 1.82) is 0 Å². The number of hydrogen-bond acceptors (Lipinski definition) is 3. The van der Waals surface area contributed by atoms with Crippen LogP contribution in [0.25, 0.3) is 22.2 Å². The number of hydrogen-bond donors (Lipinski definition) is 4. The molecule has 0 bridgehead atoms. The molecule has 2 amide bonds. The largest absolute Gasteiger partial charge is 0.394 e. The van der Waals surface area contributed by atoms with E-state index in [0.29, 0.717) is 35.0 Å². The van der Waals surface area contributed by atoms with Crippen molar-refractivity contribution in [2.45, 2.75) is 24.8 Å². The summed E-state index contributed by atoms with van der Waals surface area (Å²) in [6.45, 7) is -0.604. The average molecular weight is 431 g/mol. The molecule has 1 heterocycles. The highest BCUT2D eigenvalue weighted by atomic mass is 19.1. The van der Waals surface area contributed by atoms with Crippen LogP contribution < -0.4 is 11.1 Å². The molecule has 3 aromatic rings. The van der Waals surface area contributed by atoms with Crippen molar-refractivity contribution in [2.24, 2.45) is 11.7 Å². The van der Waals surface area contributed by atoms with Crippen LogP contribution in [-0.4, -0.2) is 34.6 Å². The predicted octanol–water partition coefficient (Wildman–Crippen LogP) is 2.71. The first kappa shape index (κ1) is 20.9. The summed E-state index contributed by atoms with van der Waals surface area (Å²) in [4.78, 5) is 26.6. The lowest BCUT2D eigenvalue weighted by atomic mass is 9.69. The second-order valence-electron chi connectivity index (χ2n) is 7.74. The van der Waals surface area contributed by atoms with Crippen LogP contribution in [-0.2, 0) is 9.59 Å². The second-order valence-corrected chi connectivity index (χ2v) is 7.74. The van der Waals surface area contributed by atoms with Gasteiger partial charge in [0.05, 0.1) is 17.8 Å². The number of H-pyrrole nitrogens is 1. The Morgan fingerprint density at radius 2 is 1.81 bits per heavy atom. The zero-order chi connectivity index (χ0) is 22.3. The highest BCUT2D eigenvalue weighted by Gasteiger charge is 2.39. The van der Waals surface area contributed by atoms with Gasteiger partial charge in [0.1, 0.15) is 23.5 Å². The van der Waals surface area contributed by atoms with Gasteiger partial charge in [-0.05, 0) is 60.2 Å². The molecular formula is C22H20F3N3O3. The Hall–Kier alpha value is -3.33. The standard InChI is InChI=1S/C22H20F3N3O3/c23-13-3-1-10(2-4-13)19-18(15-7-14(24)8-16(25)20(15)28-19)11-5-12(6-11)22(31)27-17(9-29)21(26)30/h1-4,7-8,11-12,17,28-29H,5-6,9H2,(H2,26,30)(H,27,31)/t11?,12?,17-/m0/s1. The molecule has 0 spiro atoms. The SMILES string of the molecule is NC(=O)[C@H](CO)NC(=O)C1CC(c2c(-c3ccc(F)cc3)[nH]c3c(F)cc(F)cc23)C1. The first-order valence-corrected chi connectivity index (χ1v) is 9.75. The van der Waals surface area contributed by atoms with Crippen LogP contribution in [0.5, 0.6) is 0 Å². The molecule has 9 heteroatoms. The lowest BCUT2D eigenvalue weighted by Crippen LogP contribution is -2.50. The van der Waals surface area contributed by atoms with E-state index >= 15 is 0 Å². The number of aromatic nitrogens is 1. The summed E-state index contributed by atoms with van der Waals surface area (Å²) < 4.78 is 41.7. The molecule has 1 fully saturated rings. The fraction of sp³-hybridized carbons (Fsp3) is 0.273. The Kier molecular flexibility index (Phi) is 5.45. The summed E-state index contributed by atoms with van der Waals surface area (Å²) in [5.74, 6) is -3.79. The minimum Gasteiger partial charge on any atom is -0.394 e. The minimum absolute atomic E-state index is 0.137. The molecule has 5 N–H and O–H groups in total. The Morgan fingerprint density at radius 3 is 2.42 bits per heavy atom. The van der Waals surface area contributed by atoms with Gasteiger partial charge in [0, 0.05) is 17.4 Å². The maximum atomic E-state index is 14.4. The average Bonchev–Trinajstić information content (AvgIpc) is 3.05. The van der Waals surface area contributed by atoms with Gasteiger partial charge in [0.25, 0.3) is 0 Å². The van der Waals surface area contributed by atoms with Crippen LogP contribution in [0.15, 0.2) is 36.4 Å². The van der Waals surface area contributed by atoms with Crippen LogP contribution in [0.3, 0.4) is 0 Å². The van der Waals surface area contributed by atoms with Crippen molar-refractivity contribution in [1.82, 2.24) is 10.3 Å². The van der Waals surface area contributed by atoms with Crippen molar-refractivity contribution in [3.63, 3.8) is 0 Å². The fourth-order valence-corrected chi connectivity index (χ4v) is 4.07. The van der Waals surface area contributed by atoms with E-state index in [1.807, 2.05) is 0 Å². The zero-order valence-electron chi connectivity index (χ0n) is 16.3. The molecule has 2 aromatic carbocycles. The van der Waals surface area contributed by atoms with Gasteiger partial charge in [-0.25, -0.2) is 13.2 Å². The first-order valence-electron chi connectivity index (χ1n) is 9.75. The molecule has 1 aliphatic carbocycles. The van der Waals surface area contributed by atoms with E-state index in [0.717, 1.165) is 6.07 Å². The Morgan fingerprint density at radius 1 is 1.13 bits per heavy atom. The highest BCUT2D eigenvalue weighted by Crippen LogP contribution is 2.48. The Labute approximate surface area is 175 Å². The van der Waals surface area contributed by atoms with Crippen molar-refractivity contribution < 1.29 is 27.9 Å². The van der Waals surface area contributed by atoms with Gasteiger partial charge in [-0.3, -0.25) is 9.59 Å². The minimum atomic E-state index is -1.17. The number of aliphatic hydroxyl groups excluding tert-OH is 1. The van der Waals surface area contributed by atoms with Crippen LogP contribution in [0.4, 0.5) is 13.2 Å². The van der Waals surface area contributed by atoms with Crippen molar-refractivity contribution in [3.8, 4) is 11.3 Å². The monoisotopic (exact) mass is 431 g/mol. The first-order chi connectivity index (χ1) is 14.8. The summed E-state index contributed by atoms with van der Waals surface area (Å²) in [5, 5.41) is 11.9. The zero-order valence-corrected chi connectivity index (χ0v) is 16.3. The Bertz CT molecular complexity index is 1150. The number of primary amides is 1.